The van der Waals surface area contributed by atoms with Gasteiger partial charge in [-0.05, 0) is 58.3 Å². The van der Waals surface area contributed by atoms with Crippen molar-refractivity contribution in [1.82, 2.24) is 14.5 Å². The summed E-state index contributed by atoms with van der Waals surface area (Å²) >= 11 is 0. The second kappa shape index (κ2) is 11.2. The summed E-state index contributed by atoms with van der Waals surface area (Å²) in [4.78, 5) is 10.1. The first-order valence-corrected chi connectivity index (χ1v) is 15.9. The largest absolute Gasteiger partial charge is 0.309 e. The summed E-state index contributed by atoms with van der Waals surface area (Å²) in [5.41, 5.74) is 10.8. The van der Waals surface area contributed by atoms with E-state index in [0.717, 1.165) is 45.2 Å². The van der Waals surface area contributed by atoms with Crippen molar-refractivity contribution in [2.24, 2.45) is 0 Å². The van der Waals surface area contributed by atoms with Gasteiger partial charge in [0.1, 0.15) is 0 Å². The maximum atomic E-state index is 5.04. The van der Waals surface area contributed by atoms with Crippen LogP contribution in [0.1, 0.15) is 0 Å². The van der Waals surface area contributed by atoms with Gasteiger partial charge in [0.25, 0.3) is 0 Å². The molecule has 0 unspecified atom stereocenters. The minimum Gasteiger partial charge on any atom is -0.309 e. The number of fused-ring (bicyclic) bond motifs is 4. The molecule has 0 amide bonds. The SMILES string of the molecule is c1ccc(-c2nc(-c3ccc(-c4ccc(-n5c6ccccc6c6ccccc65)cc4)cc3)cc(-c3ccc4ccccc4c3)n2)cc1. The number of para-hydroxylation sites is 2. The third-order valence-electron chi connectivity index (χ3n) is 9.02. The Kier molecular flexibility index (Phi) is 6.46. The molecule has 0 atom stereocenters. The van der Waals surface area contributed by atoms with E-state index >= 15 is 0 Å². The summed E-state index contributed by atoms with van der Waals surface area (Å²) in [5.74, 6) is 0.719. The molecule has 220 valence electrons. The zero-order valence-electron chi connectivity index (χ0n) is 25.6. The van der Waals surface area contributed by atoms with E-state index in [9.17, 15) is 0 Å². The van der Waals surface area contributed by atoms with Crippen LogP contribution in [0.25, 0.3) is 83.3 Å². The summed E-state index contributed by atoms with van der Waals surface area (Å²) in [6.07, 6.45) is 0. The predicted octanol–water partition coefficient (Wildman–Crippen LogP) is 11.4. The normalized spacial score (nSPS) is 11.4. The molecular formula is C44H29N3. The summed E-state index contributed by atoms with van der Waals surface area (Å²) in [7, 11) is 0. The van der Waals surface area contributed by atoms with Gasteiger partial charge in [-0.1, -0.05) is 140 Å². The quantitative estimate of drug-likeness (QED) is 0.197. The Morgan fingerprint density at radius 2 is 0.851 bits per heavy atom. The second-order valence-electron chi connectivity index (χ2n) is 11.9. The van der Waals surface area contributed by atoms with Gasteiger partial charge in [0, 0.05) is 33.2 Å². The molecule has 9 aromatic rings. The second-order valence-corrected chi connectivity index (χ2v) is 11.9. The number of hydrogen-bond acceptors (Lipinski definition) is 2. The van der Waals surface area contributed by atoms with Crippen LogP contribution in [0.15, 0.2) is 176 Å². The van der Waals surface area contributed by atoms with Crippen molar-refractivity contribution in [1.29, 1.82) is 0 Å². The molecule has 0 fully saturated rings. The lowest BCUT2D eigenvalue weighted by Crippen LogP contribution is -1.96. The van der Waals surface area contributed by atoms with Crippen molar-refractivity contribution in [2.45, 2.75) is 0 Å². The maximum absolute atomic E-state index is 5.04. The Morgan fingerprint density at radius 1 is 0.340 bits per heavy atom. The van der Waals surface area contributed by atoms with Crippen molar-refractivity contribution in [2.75, 3.05) is 0 Å². The fraction of sp³-hybridized carbons (Fsp3) is 0. The van der Waals surface area contributed by atoms with E-state index in [2.05, 4.69) is 162 Å². The van der Waals surface area contributed by atoms with Gasteiger partial charge in [-0.2, -0.15) is 0 Å². The van der Waals surface area contributed by atoms with Gasteiger partial charge in [-0.15, -0.1) is 0 Å². The molecule has 0 saturated carbocycles. The summed E-state index contributed by atoms with van der Waals surface area (Å²) in [5, 5.41) is 4.95. The van der Waals surface area contributed by atoms with Gasteiger partial charge in [-0.3, -0.25) is 0 Å². The van der Waals surface area contributed by atoms with Gasteiger partial charge in [0.15, 0.2) is 5.82 Å². The average molecular weight is 600 g/mol. The fourth-order valence-electron chi connectivity index (χ4n) is 6.65. The van der Waals surface area contributed by atoms with Crippen LogP contribution in [0, 0.1) is 0 Å². The van der Waals surface area contributed by atoms with E-state index in [1.165, 1.54) is 38.1 Å². The molecule has 0 radical (unpaired) electrons. The summed E-state index contributed by atoms with van der Waals surface area (Å²) < 4.78 is 2.35. The van der Waals surface area contributed by atoms with Crippen molar-refractivity contribution in [3.8, 4) is 50.7 Å². The van der Waals surface area contributed by atoms with Crippen LogP contribution in [0.2, 0.25) is 0 Å². The monoisotopic (exact) mass is 599 g/mol. The average Bonchev–Trinajstić information content (AvgIpc) is 3.49. The van der Waals surface area contributed by atoms with Crippen LogP contribution in [0.4, 0.5) is 0 Å². The maximum Gasteiger partial charge on any atom is 0.160 e. The van der Waals surface area contributed by atoms with E-state index in [1.54, 1.807) is 0 Å². The lowest BCUT2D eigenvalue weighted by molar-refractivity contribution is 1.18. The first kappa shape index (κ1) is 27.0. The van der Waals surface area contributed by atoms with Gasteiger partial charge in [-0.25, -0.2) is 9.97 Å². The fourth-order valence-corrected chi connectivity index (χ4v) is 6.65. The minimum absolute atomic E-state index is 0.719. The molecule has 0 N–H and O–H groups in total. The molecule has 0 saturated heterocycles. The molecule has 2 aromatic heterocycles. The lowest BCUT2D eigenvalue weighted by atomic mass is 10.0. The Hall–Kier alpha value is -6.32. The van der Waals surface area contributed by atoms with E-state index in [-0.39, 0.29) is 0 Å². The lowest BCUT2D eigenvalue weighted by Gasteiger charge is -2.11. The van der Waals surface area contributed by atoms with Crippen LogP contribution in [-0.2, 0) is 0 Å². The number of aromatic nitrogens is 3. The minimum atomic E-state index is 0.719. The summed E-state index contributed by atoms with van der Waals surface area (Å²) in [6.45, 7) is 0. The molecule has 0 aliphatic heterocycles. The zero-order chi connectivity index (χ0) is 31.2. The van der Waals surface area contributed by atoms with Crippen LogP contribution in [0.5, 0.6) is 0 Å². The van der Waals surface area contributed by atoms with Gasteiger partial charge < -0.3 is 4.57 Å². The van der Waals surface area contributed by atoms with Crippen molar-refractivity contribution >= 4 is 32.6 Å². The highest BCUT2D eigenvalue weighted by atomic mass is 15.0. The predicted molar refractivity (Wildman–Crippen MR) is 196 cm³/mol. The van der Waals surface area contributed by atoms with E-state index in [4.69, 9.17) is 9.97 Å². The standard InChI is InChI=1S/C44H29N3/c1-2-11-34(12-3-1)44-45-40(29-41(46-44)36-23-20-30-10-4-5-13-35(30)28-36)33-21-18-31(19-22-33)32-24-26-37(27-25-32)47-42-16-8-6-14-38(42)39-15-7-9-17-43(39)47/h1-29H. The molecule has 2 heterocycles. The Morgan fingerprint density at radius 3 is 1.53 bits per heavy atom. The molecule has 0 bridgehead atoms. The van der Waals surface area contributed by atoms with E-state index in [0.29, 0.717) is 0 Å². The number of rotatable bonds is 5. The third-order valence-corrected chi connectivity index (χ3v) is 9.02. The number of hydrogen-bond donors (Lipinski definition) is 0. The Bertz CT molecular complexity index is 2490. The first-order valence-electron chi connectivity index (χ1n) is 15.9. The highest BCUT2D eigenvalue weighted by molar-refractivity contribution is 6.09. The van der Waals surface area contributed by atoms with Crippen molar-refractivity contribution in [3.63, 3.8) is 0 Å². The van der Waals surface area contributed by atoms with E-state index in [1.807, 2.05) is 18.2 Å². The number of nitrogens with zero attached hydrogens (tertiary/aromatic N) is 3. The molecule has 0 aliphatic rings. The summed E-state index contributed by atoms with van der Waals surface area (Å²) in [6, 6.07) is 62.1. The molecule has 7 aromatic carbocycles. The van der Waals surface area contributed by atoms with Crippen molar-refractivity contribution in [3.05, 3.63) is 176 Å². The number of benzene rings is 7. The Labute approximate surface area is 273 Å². The zero-order valence-corrected chi connectivity index (χ0v) is 25.6. The van der Waals surface area contributed by atoms with Crippen LogP contribution >= 0.6 is 0 Å². The molecule has 9 rings (SSSR count). The Balaban J connectivity index is 1.08. The molecule has 3 nitrogen and oxygen atoms in total. The third kappa shape index (κ3) is 4.86. The van der Waals surface area contributed by atoms with Crippen LogP contribution in [0.3, 0.4) is 0 Å². The smallest absolute Gasteiger partial charge is 0.160 e. The van der Waals surface area contributed by atoms with Gasteiger partial charge >= 0.3 is 0 Å². The van der Waals surface area contributed by atoms with Crippen LogP contribution in [-0.4, -0.2) is 14.5 Å². The molecule has 3 heteroatoms. The highest BCUT2D eigenvalue weighted by Crippen LogP contribution is 2.34. The van der Waals surface area contributed by atoms with Gasteiger partial charge in [0.2, 0.25) is 0 Å². The highest BCUT2D eigenvalue weighted by Gasteiger charge is 2.13. The molecule has 0 aliphatic carbocycles. The van der Waals surface area contributed by atoms with Gasteiger partial charge in [0.05, 0.1) is 22.4 Å². The molecule has 47 heavy (non-hydrogen) atoms. The van der Waals surface area contributed by atoms with Crippen LogP contribution < -0.4 is 0 Å². The van der Waals surface area contributed by atoms with E-state index < -0.39 is 0 Å². The topological polar surface area (TPSA) is 30.7 Å². The first-order chi connectivity index (χ1) is 23.3. The van der Waals surface area contributed by atoms with Crippen molar-refractivity contribution < 1.29 is 0 Å². The molecule has 0 spiro atoms. The molecular weight excluding hydrogens is 571 g/mol.